The van der Waals surface area contributed by atoms with Crippen LogP contribution in [0.5, 0.6) is 0 Å². The van der Waals surface area contributed by atoms with Crippen molar-refractivity contribution >= 4 is 0 Å². The van der Waals surface area contributed by atoms with E-state index in [1.807, 2.05) is 18.2 Å². The molecule has 0 bridgehead atoms. The van der Waals surface area contributed by atoms with Crippen molar-refractivity contribution in [2.75, 3.05) is 0 Å². The van der Waals surface area contributed by atoms with Crippen LogP contribution in [0.4, 0.5) is 0 Å². The van der Waals surface area contributed by atoms with Gasteiger partial charge in [0, 0.05) is 12.5 Å². The van der Waals surface area contributed by atoms with Crippen LogP contribution in [-0.4, -0.2) is 16.2 Å². The summed E-state index contributed by atoms with van der Waals surface area (Å²) in [4.78, 5) is 4.43. The first-order valence-electron chi connectivity index (χ1n) is 7.27. The molecule has 4 heteroatoms. The lowest BCUT2D eigenvalue weighted by Crippen LogP contribution is -2.32. The minimum Gasteiger partial charge on any atom is -0.338 e. The molecule has 1 unspecified atom stereocenters. The van der Waals surface area contributed by atoms with E-state index in [2.05, 4.69) is 48.4 Å². The van der Waals surface area contributed by atoms with Gasteiger partial charge in [0.25, 0.3) is 0 Å². The lowest BCUT2D eigenvalue weighted by Gasteiger charge is -2.19. The molecule has 108 valence electrons. The Kier molecular flexibility index (Phi) is 5.30. The van der Waals surface area contributed by atoms with Crippen LogP contribution in [0.25, 0.3) is 0 Å². The summed E-state index contributed by atoms with van der Waals surface area (Å²) >= 11 is 0. The summed E-state index contributed by atoms with van der Waals surface area (Å²) in [7, 11) is 0. The van der Waals surface area contributed by atoms with E-state index in [4.69, 9.17) is 4.52 Å². The number of rotatable bonds is 7. The van der Waals surface area contributed by atoms with Gasteiger partial charge in [-0.05, 0) is 17.9 Å². The normalized spacial score (nSPS) is 12.8. The quantitative estimate of drug-likeness (QED) is 0.841. The third-order valence-electron chi connectivity index (χ3n) is 3.48. The highest BCUT2D eigenvalue weighted by molar-refractivity contribution is 5.18. The number of nitrogens with zero attached hydrogens (tertiary/aromatic N) is 2. The van der Waals surface area contributed by atoms with Crippen LogP contribution < -0.4 is 5.32 Å². The van der Waals surface area contributed by atoms with Gasteiger partial charge in [0.05, 0.1) is 6.54 Å². The second-order valence-corrected chi connectivity index (χ2v) is 5.41. The number of aromatic nitrogens is 2. The van der Waals surface area contributed by atoms with E-state index >= 15 is 0 Å². The van der Waals surface area contributed by atoms with Crippen molar-refractivity contribution < 1.29 is 4.52 Å². The Hall–Kier alpha value is -1.68. The van der Waals surface area contributed by atoms with E-state index in [1.165, 1.54) is 5.56 Å². The largest absolute Gasteiger partial charge is 0.338 e. The Labute approximate surface area is 120 Å². The van der Waals surface area contributed by atoms with Gasteiger partial charge in [-0.3, -0.25) is 0 Å². The zero-order chi connectivity index (χ0) is 14.4. The monoisotopic (exact) mass is 273 g/mol. The average Bonchev–Trinajstić information content (AvgIpc) is 2.88. The Bertz CT molecular complexity index is 507. The highest BCUT2D eigenvalue weighted by Crippen LogP contribution is 2.09. The van der Waals surface area contributed by atoms with Gasteiger partial charge in [-0.25, -0.2) is 0 Å². The molecule has 0 amide bonds. The molecule has 0 spiro atoms. The van der Waals surface area contributed by atoms with E-state index in [0.717, 1.165) is 12.2 Å². The summed E-state index contributed by atoms with van der Waals surface area (Å²) in [6.07, 6.45) is 1.81. The predicted molar refractivity (Wildman–Crippen MR) is 79.3 cm³/mol. The fourth-order valence-electron chi connectivity index (χ4n) is 2.28. The lowest BCUT2D eigenvalue weighted by molar-refractivity contribution is 0.328. The molecule has 0 aliphatic heterocycles. The molecular weight excluding hydrogens is 250 g/mol. The Balaban J connectivity index is 1.89. The number of hydrogen-bond donors (Lipinski definition) is 1. The van der Waals surface area contributed by atoms with E-state index in [9.17, 15) is 0 Å². The van der Waals surface area contributed by atoms with Crippen LogP contribution >= 0.6 is 0 Å². The van der Waals surface area contributed by atoms with Gasteiger partial charge in [-0.2, -0.15) is 4.98 Å². The standard InChI is InChI=1S/C16H23N3O/c1-4-14(12(2)3)17-11-16-18-15(19-20-16)10-13-8-6-5-7-9-13/h5-9,12,14,17H,4,10-11H2,1-3H3. The van der Waals surface area contributed by atoms with E-state index in [1.54, 1.807) is 0 Å². The van der Waals surface area contributed by atoms with Gasteiger partial charge in [-0.15, -0.1) is 0 Å². The maximum atomic E-state index is 5.29. The van der Waals surface area contributed by atoms with Gasteiger partial charge in [-0.1, -0.05) is 56.3 Å². The van der Waals surface area contributed by atoms with Crippen LogP contribution in [0.1, 0.15) is 44.5 Å². The maximum absolute atomic E-state index is 5.29. The summed E-state index contributed by atoms with van der Waals surface area (Å²) in [5.74, 6) is 2.01. The summed E-state index contributed by atoms with van der Waals surface area (Å²) in [5.41, 5.74) is 1.20. The first-order valence-corrected chi connectivity index (χ1v) is 7.27. The van der Waals surface area contributed by atoms with Crippen molar-refractivity contribution in [1.29, 1.82) is 0 Å². The van der Waals surface area contributed by atoms with E-state index in [0.29, 0.717) is 30.8 Å². The summed E-state index contributed by atoms with van der Waals surface area (Å²) in [6.45, 7) is 7.26. The molecule has 0 aliphatic carbocycles. The molecule has 1 aromatic heterocycles. The fourth-order valence-corrected chi connectivity index (χ4v) is 2.28. The van der Waals surface area contributed by atoms with Crippen molar-refractivity contribution in [1.82, 2.24) is 15.5 Å². The van der Waals surface area contributed by atoms with E-state index < -0.39 is 0 Å². The third-order valence-corrected chi connectivity index (χ3v) is 3.48. The SMILES string of the molecule is CCC(NCc1nc(Cc2ccccc2)no1)C(C)C. The predicted octanol–water partition coefficient (Wildman–Crippen LogP) is 3.18. The number of nitrogens with one attached hydrogen (secondary N) is 1. The maximum Gasteiger partial charge on any atom is 0.240 e. The molecule has 0 saturated heterocycles. The molecule has 0 aliphatic rings. The van der Waals surface area contributed by atoms with Crippen LogP contribution in [0.3, 0.4) is 0 Å². The van der Waals surface area contributed by atoms with Gasteiger partial charge in [0.2, 0.25) is 5.89 Å². The van der Waals surface area contributed by atoms with Crippen molar-refractivity contribution in [3.05, 3.63) is 47.6 Å². The van der Waals surface area contributed by atoms with E-state index in [-0.39, 0.29) is 0 Å². The zero-order valence-corrected chi connectivity index (χ0v) is 12.5. The summed E-state index contributed by atoms with van der Waals surface area (Å²) in [6, 6.07) is 10.7. The molecule has 0 saturated carbocycles. The second-order valence-electron chi connectivity index (χ2n) is 5.41. The summed E-state index contributed by atoms with van der Waals surface area (Å²) in [5, 5.41) is 7.50. The minimum atomic E-state index is 0.486. The third kappa shape index (κ3) is 4.17. The topological polar surface area (TPSA) is 51.0 Å². The van der Waals surface area contributed by atoms with Crippen LogP contribution in [0.2, 0.25) is 0 Å². The van der Waals surface area contributed by atoms with Crippen LogP contribution in [-0.2, 0) is 13.0 Å². The first kappa shape index (κ1) is 14.7. The number of hydrogen-bond acceptors (Lipinski definition) is 4. The smallest absolute Gasteiger partial charge is 0.240 e. The van der Waals surface area contributed by atoms with Gasteiger partial charge in [0.1, 0.15) is 0 Å². The highest BCUT2D eigenvalue weighted by atomic mass is 16.5. The van der Waals surface area contributed by atoms with Crippen molar-refractivity contribution in [2.24, 2.45) is 5.92 Å². The molecule has 2 aromatic rings. The van der Waals surface area contributed by atoms with Crippen molar-refractivity contribution in [2.45, 2.75) is 46.2 Å². The fraction of sp³-hybridized carbons (Fsp3) is 0.500. The molecule has 1 N–H and O–H groups in total. The second kappa shape index (κ2) is 7.20. The first-order chi connectivity index (χ1) is 9.69. The molecule has 0 radical (unpaired) electrons. The highest BCUT2D eigenvalue weighted by Gasteiger charge is 2.12. The molecule has 1 atom stereocenters. The summed E-state index contributed by atoms with van der Waals surface area (Å²) < 4.78 is 5.29. The Morgan fingerprint density at radius 3 is 2.60 bits per heavy atom. The lowest BCUT2D eigenvalue weighted by atomic mass is 10.0. The molecule has 4 nitrogen and oxygen atoms in total. The van der Waals surface area contributed by atoms with Crippen molar-refractivity contribution in [3.63, 3.8) is 0 Å². The zero-order valence-electron chi connectivity index (χ0n) is 12.5. The molecule has 1 heterocycles. The average molecular weight is 273 g/mol. The van der Waals surface area contributed by atoms with Crippen LogP contribution in [0.15, 0.2) is 34.9 Å². The van der Waals surface area contributed by atoms with Crippen LogP contribution in [0, 0.1) is 5.92 Å². The molecule has 20 heavy (non-hydrogen) atoms. The molecule has 2 rings (SSSR count). The molecule has 1 aromatic carbocycles. The Morgan fingerprint density at radius 2 is 1.95 bits per heavy atom. The molecular formula is C16H23N3O. The van der Waals surface area contributed by atoms with Gasteiger partial charge >= 0.3 is 0 Å². The number of benzene rings is 1. The van der Waals surface area contributed by atoms with Gasteiger partial charge < -0.3 is 9.84 Å². The van der Waals surface area contributed by atoms with Crippen molar-refractivity contribution in [3.8, 4) is 0 Å². The molecule has 0 fully saturated rings. The minimum absolute atomic E-state index is 0.486. The van der Waals surface area contributed by atoms with Gasteiger partial charge in [0.15, 0.2) is 5.82 Å². The Morgan fingerprint density at radius 1 is 1.20 bits per heavy atom.